The summed E-state index contributed by atoms with van der Waals surface area (Å²) in [4.78, 5) is 16.2. The van der Waals surface area contributed by atoms with Gasteiger partial charge in [0, 0.05) is 11.2 Å². The zero-order valence-electron chi connectivity index (χ0n) is 13.0. The minimum absolute atomic E-state index is 0.303. The van der Waals surface area contributed by atoms with Crippen molar-refractivity contribution in [2.45, 2.75) is 19.5 Å². The average molecular weight is 344 g/mol. The maximum Gasteiger partial charge on any atom is 0.231 e. The van der Waals surface area contributed by atoms with Crippen molar-refractivity contribution in [1.82, 2.24) is 9.38 Å². The predicted octanol–water partition coefficient (Wildman–Crippen LogP) is 4.26. The Morgan fingerprint density at radius 2 is 2.12 bits per heavy atom. The molecule has 0 aliphatic heterocycles. The summed E-state index contributed by atoms with van der Waals surface area (Å²) >= 11 is 6.19. The first-order valence-electron chi connectivity index (χ1n) is 7.72. The molecule has 122 valence electrons. The summed E-state index contributed by atoms with van der Waals surface area (Å²) < 4.78 is 14.8. The lowest BCUT2D eigenvalue weighted by Crippen LogP contribution is -2.15. The Balaban J connectivity index is 1.66. The Hall–Kier alpha value is -2.40. The van der Waals surface area contributed by atoms with Gasteiger partial charge < -0.3 is 9.72 Å². The summed E-state index contributed by atoms with van der Waals surface area (Å²) in [6.45, 7) is 1.98. The Morgan fingerprint density at radius 1 is 1.33 bits per heavy atom. The SMILES string of the molecule is Cc1c(Cl)cccc1-c1ccc2nc(NC(=O)[C@@H]3C[C@@H]3F)cn2c1. The Kier molecular flexibility index (Phi) is 3.53. The minimum Gasteiger partial charge on any atom is -0.309 e. The molecule has 24 heavy (non-hydrogen) atoms. The second-order valence-electron chi connectivity index (χ2n) is 6.07. The van der Waals surface area contributed by atoms with Crippen LogP contribution in [0.25, 0.3) is 16.8 Å². The number of pyridine rings is 1. The number of nitrogens with zero attached hydrogens (tertiary/aromatic N) is 2. The number of hydrogen-bond acceptors (Lipinski definition) is 2. The number of benzene rings is 1. The number of anilines is 1. The Labute approximate surface area is 143 Å². The van der Waals surface area contributed by atoms with Crippen LogP contribution >= 0.6 is 11.6 Å². The fourth-order valence-electron chi connectivity index (χ4n) is 2.79. The summed E-state index contributed by atoms with van der Waals surface area (Å²) in [5, 5.41) is 3.39. The van der Waals surface area contributed by atoms with E-state index in [9.17, 15) is 9.18 Å². The van der Waals surface area contributed by atoms with E-state index in [-0.39, 0.29) is 5.91 Å². The van der Waals surface area contributed by atoms with Crippen molar-refractivity contribution in [3.8, 4) is 11.1 Å². The number of rotatable bonds is 3. The number of hydrogen-bond donors (Lipinski definition) is 1. The molecule has 0 spiro atoms. The Bertz CT molecular complexity index is 953. The van der Waals surface area contributed by atoms with Crippen molar-refractivity contribution >= 4 is 29.0 Å². The molecular weight excluding hydrogens is 329 g/mol. The van der Waals surface area contributed by atoms with Crippen molar-refractivity contribution < 1.29 is 9.18 Å². The van der Waals surface area contributed by atoms with Gasteiger partial charge in [-0.25, -0.2) is 9.37 Å². The third-order valence-electron chi connectivity index (χ3n) is 4.33. The molecule has 1 fully saturated rings. The van der Waals surface area contributed by atoms with Crippen molar-refractivity contribution in [1.29, 1.82) is 0 Å². The minimum atomic E-state index is -1.01. The molecule has 0 radical (unpaired) electrons. The number of carbonyl (C=O) groups excluding carboxylic acids is 1. The van der Waals surface area contributed by atoms with E-state index in [1.165, 1.54) is 0 Å². The van der Waals surface area contributed by atoms with Gasteiger partial charge in [0.25, 0.3) is 0 Å². The van der Waals surface area contributed by atoms with Crippen LogP contribution in [0.15, 0.2) is 42.7 Å². The van der Waals surface area contributed by atoms with E-state index < -0.39 is 12.1 Å². The van der Waals surface area contributed by atoms with E-state index in [1.807, 2.05) is 47.9 Å². The predicted molar refractivity (Wildman–Crippen MR) is 92.0 cm³/mol. The zero-order valence-corrected chi connectivity index (χ0v) is 13.7. The van der Waals surface area contributed by atoms with Gasteiger partial charge in [0.15, 0.2) is 5.82 Å². The fraction of sp³-hybridized carbons (Fsp3) is 0.222. The number of aromatic nitrogens is 2. The van der Waals surface area contributed by atoms with E-state index in [0.717, 1.165) is 21.7 Å². The molecule has 4 nitrogen and oxygen atoms in total. The molecule has 1 aliphatic rings. The van der Waals surface area contributed by atoms with E-state index >= 15 is 0 Å². The number of halogens is 2. The summed E-state index contributed by atoms with van der Waals surface area (Å²) in [5.41, 5.74) is 3.77. The number of fused-ring (bicyclic) bond motifs is 1. The third kappa shape index (κ3) is 2.65. The lowest BCUT2D eigenvalue weighted by atomic mass is 10.0. The molecule has 1 aromatic carbocycles. The highest BCUT2D eigenvalue weighted by Gasteiger charge is 2.43. The fourth-order valence-corrected chi connectivity index (χ4v) is 2.96. The zero-order chi connectivity index (χ0) is 16.8. The number of carbonyl (C=O) groups is 1. The van der Waals surface area contributed by atoms with Crippen LogP contribution in [-0.4, -0.2) is 21.5 Å². The average Bonchev–Trinajstić information content (AvgIpc) is 3.15. The van der Waals surface area contributed by atoms with Crippen LogP contribution in [0.4, 0.5) is 10.2 Å². The number of imidazole rings is 1. The molecule has 1 N–H and O–H groups in total. The summed E-state index contributed by atoms with van der Waals surface area (Å²) in [7, 11) is 0. The monoisotopic (exact) mass is 343 g/mol. The summed E-state index contributed by atoms with van der Waals surface area (Å²) in [5.74, 6) is -0.407. The van der Waals surface area contributed by atoms with E-state index in [1.54, 1.807) is 6.20 Å². The van der Waals surface area contributed by atoms with Crippen LogP contribution in [0.2, 0.25) is 5.02 Å². The normalized spacial score (nSPS) is 19.5. The van der Waals surface area contributed by atoms with Crippen molar-refractivity contribution in [2.24, 2.45) is 5.92 Å². The molecule has 2 aromatic heterocycles. The first kappa shape index (κ1) is 15.1. The van der Waals surface area contributed by atoms with Gasteiger partial charge >= 0.3 is 0 Å². The van der Waals surface area contributed by atoms with Crippen LogP contribution in [-0.2, 0) is 4.79 Å². The van der Waals surface area contributed by atoms with Gasteiger partial charge in [-0.3, -0.25) is 4.79 Å². The van der Waals surface area contributed by atoms with Crippen molar-refractivity contribution in [2.75, 3.05) is 5.32 Å². The summed E-state index contributed by atoms with van der Waals surface area (Å²) in [6, 6.07) is 9.62. The quantitative estimate of drug-likeness (QED) is 0.772. The van der Waals surface area contributed by atoms with Gasteiger partial charge in [0.05, 0.1) is 12.1 Å². The highest BCUT2D eigenvalue weighted by atomic mass is 35.5. The number of nitrogens with one attached hydrogen (secondary N) is 1. The van der Waals surface area contributed by atoms with Crippen LogP contribution in [0.3, 0.4) is 0 Å². The molecule has 1 aliphatic carbocycles. The second-order valence-corrected chi connectivity index (χ2v) is 6.48. The highest BCUT2D eigenvalue weighted by molar-refractivity contribution is 6.31. The number of amides is 1. The molecule has 4 rings (SSSR count). The first-order chi connectivity index (χ1) is 11.5. The molecule has 1 amide bonds. The molecule has 0 unspecified atom stereocenters. The molecule has 1 saturated carbocycles. The van der Waals surface area contributed by atoms with Crippen LogP contribution in [0, 0.1) is 12.8 Å². The van der Waals surface area contributed by atoms with Gasteiger partial charge in [-0.05, 0) is 48.2 Å². The van der Waals surface area contributed by atoms with Crippen LogP contribution in [0.5, 0.6) is 0 Å². The molecule has 2 atom stereocenters. The topological polar surface area (TPSA) is 46.4 Å². The second kappa shape index (κ2) is 5.60. The molecule has 0 bridgehead atoms. The number of alkyl halides is 1. The van der Waals surface area contributed by atoms with Gasteiger partial charge in [-0.2, -0.15) is 0 Å². The smallest absolute Gasteiger partial charge is 0.231 e. The van der Waals surface area contributed by atoms with Crippen molar-refractivity contribution in [3.05, 3.63) is 53.3 Å². The van der Waals surface area contributed by atoms with Gasteiger partial charge in [0.2, 0.25) is 5.91 Å². The van der Waals surface area contributed by atoms with Gasteiger partial charge in [0.1, 0.15) is 11.8 Å². The van der Waals surface area contributed by atoms with Crippen LogP contribution < -0.4 is 5.32 Å². The van der Waals surface area contributed by atoms with Crippen LogP contribution in [0.1, 0.15) is 12.0 Å². The molecule has 2 heterocycles. The third-order valence-corrected chi connectivity index (χ3v) is 4.74. The van der Waals surface area contributed by atoms with E-state index in [0.29, 0.717) is 17.9 Å². The maximum atomic E-state index is 12.9. The van der Waals surface area contributed by atoms with E-state index in [4.69, 9.17) is 11.6 Å². The van der Waals surface area contributed by atoms with E-state index in [2.05, 4.69) is 10.3 Å². The van der Waals surface area contributed by atoms with Crippen molar-refractivity contribution in [3.63, 3.8) is 0 Å². The standard InChI is InChI=1S/C18H15ClFN3O/c1-10-12(3-2-4-14(10)19)11-5-6-17-21-16(9-23(17)8-11)22-18(24)13-7-15(13)20/h2-6,8-9,13,15H,7H2,1H3,(H,22,24)/t13-,15+/m1/s1. The largest absolute Gasteiger partial charge is 0.309 e. The first-order valence-corrected chi connectivity index (χ1v) is 8.10. The Morgan fingerprint density at radius 3 is 2.88 bits per heavy atom. The molecular formula is C18H15ClFN3O. The van der Waals surface area contributed by atoms with Gasteiger partial charge in [-0.15, -0.1) is 0 Å². The lowest BCUT2D eigenvalue weighted by Gasteiger charge is -2.08. The highest BCUT2D eigenvalue weighted by Crippen LogP contribution is 2.34. The lowest BCUT2D eigenvalue weighted by molar-refractivity contribution is -0.117. The summed E-state index contributed by atoms with van der Waals surface area (Å²) in [6.07, 6.45) is 2.95. The van der Waals surface area contributed by atoms with Gasteiger partial charge in [-0.1, -0.05) is 23.7 Å². The molecule has 3 aromatic rings. The maximum absolute atomic E-state index is 12.9. The molecule has 6 heteroatoms. The molecule has 0 saturated heterocycles.